The third kappa shape index (κ3) is 2.93. The van der Waals surface area contributed by atoms with Gasteiger partial charge in [0.1, 0.15) is 5.82 Å². The molecule has 2 heterocycles. The summed E-state index contributed by atoms with van der Waals surface area (Å²) in [6.45, 7) is 3.92. The summed E-state index contributed by atoms with van der Waals surface area (Å²) in [5.41, 5.74) is 8.97. The molecule has 3 aromatic rings. The second-order valence-electron chi connectivity index (χ2n) is 6.95. The Morgan fingerprint density at radius 2 is 1.52 bits per heavy atom. The highest BCUT2D eigenvalue weighted by Crippen LogP contribution is 2.23. The van der Waals surface area contributed by atoms with Gasteiger partial charge in [0, 0.05) is 17.2 Å². The number of amides is 2. The molecular formula is C22H17N3O4. The van der Waals surface area contributed by atoms with Crippen molar-refractivity contribution in [2.45, 2.75) is 13.8 Å². The summed E-state index contributed by atoms with van der Waals surface area (Å²) in [5.74, 6) is -1.55. The van der Waals surface area contributed by atoms with Crippen LogP contribution in [-0.2, 0) is 0 Å². The summed E-state index contributed by atoms with van der Waals surface area (Å²) < 4.78 is 1.14. The predicted octanol–water partition coefficient (Wildman–Crippen LogP) is 2.15. The Bertz CT molecular complexity index is 1270. The highest BCUT2D eigenvalue weighted by atomic mass is 16.2. The van der Waals surface area contributed by atoms with E-state index >= 15 is 0 Å². The topological polar surface area (TPSA) is 111 Å². The van der Waals surface area contributed by atoms with Gasteiger partial charge in [0.05, 0.1) is 16.8 Å². The van der Waals surface area contributed by atoms with E-state index < -0.39 is 17.4 Å². The zero-order valence-electron chi connectivity index (χ0n) is 15.8. The molecule has 1 aromatic heterocycles. The number of nitrogens with one attached hydrogen (secondary N) is 1. The number of pyridine rings is 1. The van der Waals surface area contributed by atoms with Gasteiger partial charge in [-0.25, -0.2) is 0 Å². The van der Waals surface area contributed by atoms with Crippen molar-refractivity contribution in [2.24, 2.45) is 0 Å². The lowest BCUT2D eigenvalue weighted by Crippen LogP contribution is -2.24. The first-order valence-electron chi connectivity index (χ1n) is 8.91. The summed E-state index contributed by atoms with van der Waals surface area (Å²) in [6, 6.07) is 12.9. The molecule has 29 heavy (non-hydrogen) atoms. The van der Waals surface area contributed by atoms with Crippen LogP contribution < -0.4 is 16.6 Å². The number of carbonyl (C=O) groups is 3. The molecule has 0 atom stereocenters. The Morgan fingerprint density at radius 3 is 2.17 bits per heavy atom. The van der Waals surface area contributed by atoms with Gasteiger partial charge in [-0.05, 0) is 55.3 Å². The molecule has 1 aliphatic rings. The minimum atomic E-state index is -0.643. The van der Waals surface area contributed by atoms with Crippen LogP contribution in [0.4, 0.5) is 5.82 Å². The Kier molecular flexibility index (Phi) is 4.15. The number of anilines is 1. The number of benzene rings is 2. The molecular weight excluding hydrogens is 370 g/mol. The highest BCUT2D eigenvalue weighted by Gasteiger charge is 2.31. The summed E-state index contributed by atoms with van der Waals surface area (Å²) in [5, 5.41) is 2.12. The van der Waals surface area contributed by atoms with Crippen LogP contribution >= 0.6 is 0 Å². The second-order valence-corrected chi connectivity index (χ2v) is 6.95. The Balaban J connectivity index is 1.74. The number of aryl methyl sites for hydroxylation is 2. The molecule has 0 saturated heterocycles. The van der Waals surface area contributed by atoms with Gasteiger partial charge in [0.25, 0.3) is 17.4 Å². The number of hydrogen-bond acceptors (Lipinski definition) is 5. The molecule has 0 spiro atoms. The van der Waals surface area contributed by atoms with E-state index in [1.54, 1.807) is 30.3 Å². The zero-order chi connectivity index (χ0) is 20.9. The SMILES string of the molecule is Cc1ccc(C(=O)c2ccc(-n3c(N)c4c(cc3=O)C(=O)NC4=O)cc2)cc1C. The number of nitrogens with two attached hydrogens (primary N) is 1. The van der Waals surface area contributed by atoms with Gasteiger partial charge in [-0.2, -0.15) is 0 Å². The smallest absolute Gasteiger partial charge is 0.262 e. The average Bonchev–Trinajstić information content (AvgIpc) is 2.97. The molecule has 2 aromatic carbocycles. The fraction of sp³-hybridized carbons (Fsp3) is 0.0909. The number of hydrogen-bond donors (Lipinski definition) is 2. The van der Waals surface area contributed by atoms with Crippen molar-refractivity contribution in [1.29, 1.82) is 0 Å². The van der Waals surface area contributed by atoms with Crippen LogP contribution in [0.25, 0.3) is 5.69 Å². The first-order chi connectivity index (χ1) is 13.8. The van der Waals surface area contributed by atoms with E-state index in [0.29, 0.717) is 16.8 Å². The lowest BCUT2D eigenvalue weighted by Gasteiger charge is -2.12. The van der Waals surface area contributed by atoms with E-state index in [-0.39, 0.29) is 22.7 Å². The highest BCUT2D eigenvalue weighted by molar-refractivity contribution is 6.23. The van der Waals surface area contributed by atoms with E-state index in [2.05, 4.69) is 5.32 Å². The van der Waals surface area contributed by atoms with Crippen LogP contribution in [0.2, 0.25) is 0 Å². The lowest BCUT2D eigenvalue weighted by molar-refractivity contribution is 0.0879. The fourth-order valence-corrected chi connectivity index (χ4v) is 3.36. The maximum absolute atomic E-state index is 12.7. The van der Waals surface area contributed by atoms with Crippen LogP contribution in [-0.4, -0.2) is 22.2 Å². The maximum atomic E-state index is 12.7. The minimum Gasteiger partial charge on any atom is -0.384 e. The van der Waals surface area contributed by atoms with Gasteiger partial charge in [-0.15, -0.1) is 0 Å². The minimum absolute atomic E-state index is 0.0233. The summed E-state index contributed by atoms with van der Waals surface area (Å²) in [4.78, 5) is 49.0. The number of nitrogen functional groups attached to an aromatic ring is 1. The predicted molar refractivity (Wildman–Crippen MR) is 108 cm³/mol. The van der Waals surface area contributed by atoms with Crippen molar-refractivity contribution >= 4 is 23.4 Å². The van der Waals surface area contributed by atoms with Crippen molar-refractivity contribution in [1.82, 2.24) is 9.88 Å². The summed E-state index contributed by atoms with van der Waals surface area (Å²) in [7, 11) is 0. The number of fused-ring (bicyclic) bond motifs is 1. The Hall–Kier alpha value is -4.00. The molecule has 144 valence electrons. The number of rotatable bonds is 3. The van der Waals surface area contributed by atoms with Crippen molar-refractivity contribution in [2.75, 3.05) is 5.73 Å². The summed E-state index contributed by atoms with van der Waals surface area (Å²) in [6.07, 6.45) is 0. The normalized spacial score (nSPS) is 12.6. The molecule has 0 bridgehead atoms. The van der Waals surface area contributed by atoms with Crippen LogP contribution in [0.15, 0.2) is 53.3 Å². The van der Waals surface area contributed by atoms with Crippen LogP contribution in [0.1, 0.15) is 47.8 Å². The largest absolute Gasteiger partial charge is 0.384 e. The van der Waals surface area contributed by atoms with Crippen molar-refractivity contribution in [3.8, 4) is 5.69 Å². The van der Waals surface area contributed by atoms with E-state index in [4.69, 9.17) is 5.73 Å². The van der Waals surface area contributed by atoms with Crippen LogP contribution in [0.3, 0.4) is 0 Å². The van der Waals surface area contributed by atoms with Crippen molar-refractivity contribution < 1.29 is 14.4 Å². The third-order valence-electron chi connectivity index (χ3n) is 5.11. The first kappa shape index (κ1) is 18.4. The van der Waals surface area contributed by atoms with E-state index in [1.807, 2.05) is 26.0 Å². The molecule has 1 aliphatic heterocycles. The fourth-order valence-electron chi connectivity index (χ4n) is 3.36. The van der Waals surface area contributed by atoms with E-state index in [0.717, 1.165) is 21.8 Å². The van der Waals surface area contributed by atoms with Gasteiger partial charge in [-0.3, -0.25) is 29.1 Å². The molecule has 2 amide bonds. The molecule has 4 rings (SSSR count). The monoisotopic (exact) mass is 387 g/mol. The maximum Gasteiger partial charge on any atom is 0.262 e. The number of aromatic nitrogens is 1. The molecule has 0 radical (unpaired) electrons. The lowest BCUT2D eigenvalue weighted by atomic mass is 9.99. The average molecular weight is 387 g/mol. The van der Waals surface area contributed by atoms with Gasteiger partial charge < -0.3 is 5.73 Å². The quantitative estimate of drug-likeness (QED) is 0.528. The molecule has 0 unspecified atom stereocenters. The molecule has 0 saturated carbocycles. The van der Waals surface area contributed by atoms with Gasteiger partial charge >= 0.3 is 0 Å². The number of imide groups is 1. The molecule has 7 heteroatoms. The number of nitrogens with zero attached hydrogens (tertiary/aromatic N) is 1. The Morgan fingerprint density at radius 1 is 0.862 bits per heavy atom. The zero-order valence-corrected chi connectivity index (χ0v) is 15.8. The van der Waals surface area contributed by atoms with E-state index in [1.165, 1.54) is 0 Å². The Labute approximate surface area is 165 Å². The van der Waals surface area contributed by atoms with Crippen LogP contribution in [0.5, 0.6) is 0 Å². The molecule has 7 nitrogen and oxygen atoms in total. The van der Waals surface area contributed by atoms with Crippen molar-refractivity contribution in [3.05, 3.63) is 92.3 Å². The molecule has 0 fully saturated rings. The standard InChI is InChI=1S/C22H17N3O4/c1-11-3-4-14(9-12(11)2)19(27)13-5-7-15(8-6-13)25-17(26)10-16-18(20(25)23)22(29)24-21(16)28/h3-10H,23H2,1-2H3,(H,24,28,29). The third-order valence-corrected chi connectivity index (χ3v) is 5.11. The van der Waals surface area contributed by atoms with Gasteiger partial charge in [0.2, 0.25) is 0 Å². The summed E-state index contributed by atoms with van der Waals surface area (Å²) >= 11 is 0. The van der Waals surface area contributed by atoms with E-state index in [9.17, 15) is 19.2 Å². The van der Waals surface area contributed by atoms with Gasteiger partial charge in [0.15, 0.2) is 5.78 Å². The first-order valence-corrected chi connectivity index (χ1v) is 8.91. The second kappa shape index (κ2) is 6.56. The van der Waals surface area contributed by atoms with Crippen molar-refractivity contribution in [3.63, 3.8) is 0 Å². The molecule has 3 N–H and O–H groups in total. The van der Waals surface area contributed by atoms with Gasteiger partial charge in [-0.1, -0.05) is 12.1 Å². The number of carbonyl (C=O) groups excluding carboxylic acids is 3. The van der Waals surface area contributed by atoms with Crippen LogP contribution in [0, 0.1) is 13.8 Å². The molecule has 0 aliphatic carbocycles. The number of ketones is 1.